The Morgan fingerprint density at radius 1 is 0.521 bits per heavy atom. The summed E-state index contributed by atoms with van der Waals surface area (Å²) in [6.07, 6.45) is 0.425. The molecule has 1 heterocycles. The van der Waals surface area contributed by atoms with Crippen molar-refractivity contribution in [3.8, 4) is 5.75 Å². The van der Waals surface area contributed by atoms with E-state index in [1.165, 1.54) is 63.2 Å². The van der Waals surface area contributed by atoms with Crippen molar-refractivity contribution >= 4 is 127 Å². The van der Waals surface area contributed by atoms with E-state index in [9.17, 15) is 98.4 Å². The average molecular weight is 1750 g/mol. The number of aliphatic hydroxyl groups excluding tert-OH is 2. The Hall–Kier alpha value is -9.83. The third-order valence-electron chi connectivity index (χ3n) is 18.7. The Bertz CT molecular complexity index is 4820. The highest BCUT2D eigenvalue weighted by atomic mass is 32.2. The number of phenols is 1. The van der Waals surface area contributed by atoms with Gasteiger partial charge in [0.05, 0.1) is 68.1 Å². The molecule has 0 aliphatic heterocycles. The van der Waals surface area contributed by atoms with Crippen LogP contribution in [-0.4, -0.2) is 286 Å². The van der Waals surface area contributed by atoms with Crippen molar-refractivity contribution in [2.75, 3.05) is 83.8 Å². The number of carbonyl (C=O) groups excluding carboxylic acids is 10. The lowest BCUT2D eigenvalue weighted by molar-refractivity contribution is -0.138. The van der Waals surface area contributed by atoms with Crippen LogP contribution in [0.5, 0.6) is 5.75 Å². The van der Waals surface area contributed by atoms with Gasteiger partial charge in [-0.1, -0.05) is 94.8 Å². The molecule has 10 atom stereocenters. The van der Waals surface area contributed by atoms with Crippen molar-refractivity contribution in [1.82, 2.24) is 70.1 Å². The van der Waals surface area contributed by atoms with Gasteiger partial charge in [-0.15, -0.1) is 0 Å². The molecule has 0 radical (unpaired) electrons. The smallest absolute Gasteiger partial charge is 0.303 e. The molecular formula is C76H114N16O23S4. The van der Waals surface area contributed by atoms with Crippen LogP contribution in [0, 0.1) is 11.8 Å². The van der Waals surface area contributed by atoms with Gasteiger partial charge >= 0.3 is 5.97 Å². The molecular weight excluding hydrogens is 1630 g/mol. The first-order valence-corrected chi connectivity index (χ1v) is 45.2. The lowest BCUT2D eigenvalue weighted by Gasteiger charge is -2.31. The zero-order valence-electron chi connectivity index (χ0n) is 68.2. The third-order valence-corrected chi connectivity index (χ3v) is 25.1. The minimum absolute atomic E-state index is 0.0199. The highest BCUT2D eigenvalue weighted by molar-refractivity contribution is 7.89. The van der Waals surface area contributed by atoms with Gasteiger partial charge in [0.25, 0.3) is 0 Å². The van der Waals surface area contributed by atoms with Gasteiger partial charge in [-0.25, -0.2) is 33.7 Å². The fraction of sp³-hybridized carbons (Fsp3) is 0.539. The molecule has 1 aromatic heterocycles. The number of H-pyrrole nitrogens is 1. The van der Waals surface area contributed by atoms with Crippen LogP contribution < -0.4 is 59.3 Å². The van der Waals surface area contributed by atoms with Gasteiger partial charge in [0.1, 0.15) is 36.0 Å². The molecule has 660 valence electrons. The van der Waals surface area contributed by atoms with Gasteiger partial charge in [-0.3, -0.25) is 52.7 Å². The van der Waals surface area contributed by atoms with Crippen LogP contribution in [-0.2, 0) is 106 Å². The van der Waals surface area contributed by atoms with E-state index in [0.29, 0.717) is 52.1 Å². The first-order chi connectivity index (χ1) is 55.6. The number of hydrogen-bond donors (Lipinski definition) is 16. The number of nitrogens with two attached hydrogens (primary N) is 2. The standard InChI is InChI=1S/C76H114N16O23S4/c1-46(2)31-65(75(106)86-59(44-93)39-90(117(10,110)111)40-66(97)80-48(5)72(78)103)88-69(100)42-91(118(112,113)45-47(3)4)36-56(19-15-16-30-77)83-73(104)49(6)81-67(98)43-92(119(114,115)61-27-24-53-17-11-12-18-54(53)34-61)38-57(32-52-22-25-60(96)26-23-52)84-74(105)64(28-29-70(101)102)87-68(99)41-89(116(9,108)109)37-58(85-76(107)71(50(7)94)82-51(8)95)33-55-35-79-63-21-14-13-20-62(55)63/h11-14,17-18,20-27,34-35,46-50,56-59,64-65,71,79,93-94,96H,15-16,19,28-33,36-45,77H2,1-10H3,(H2,78,103)(H,80,97)(H,81,98)(H,82,95)(H,83,104)(H,84,105)(H,85,107)(H,86,106)(H,87,99)(H,88,100)(H,101,102)/t48-,49-,50-,56-,57-,58-,59+,64-,65-,71?/m0/s1. The molecule has 0 spiro atoms. The van der Waals surface area contributed by atoms with E-state index in [0.717, 1.165) is 23.7 Å². The number of sulfonamides is 4. The van der Waals surface area contributed by atoms with Gasteiger partial charge in [0, 0.05) is 74.7 Å². The number of aromatic hydroxyl groups is 1. The maximum atomic E-state index is 15.3. The molecule has 10 amide bonds. The predicted molar refractivity (Wildman–Crippen MR) is 441 cm³/mol. The number of fused-ring (bicyclic) bond motifs is 2. The zero-order valence-corrected chi connectivity index (χ0v) is 71.5. The van der Waals surface area contributed by atoms with E-state index < -0.39 is 249 Å². The lowest BCUT2D eigenvalue weighted by atomic mass is 10.0. The summed E-state index contributed by atoms with van der Waals surface area (Å²) in [6.45, 7) is 4.06. The number of nitrogens with zero attached hydrogens (tertiary/aromatic N) is 4. The molecule has 43 heteroatoms. The Morgan fingerprint density at radius 2 is 1.03 bits per heavy atom. The van der Waals surface area contributed by atoms with Gasteiger partial charge < -0.3 is 84.7 Å². The van der Waals surface area contributed by atoms with Crippen LogP contribution in [0.3, 0.4) is 0 Å². The number of amides is 10. The SMILES string of the molecule is CC(=O)NC(C(=O)N[C@@H](Cc1c[nH]c2ccccc12)CN(CC(=O)N[C@@H](CCC(=O)O)C(=O)N[C@@H](Cc1ccc(O)cc1)CN(CC(=O)N[C@@H](C)C(=O)N[C@@H](CCCCN)CN(CC(=O)N[C@@H](CC(C)C)C(=O)N[C@@H](CO)CN(CC(=O)N[C@@H](C)C(N)=O)S(C)(=O)=O)S(=O)(=O)CC(C)C)S(=O)(=O)c1ccc2ccccc2c1)S(C)(=O)=O)[C@H](C)O. The summed E-state index contributed by atoms with van der Waals surface area (Å²) in [4.78, 5) is 152. The summed E-state index contributed by atoms with van der Waals surface area (Å²) >= 11 is 0. The molecule has 18 N–H and O–H groups in total. The first-order valence-electron chi connectivity index (χ1n) is 38.4. The van der Waals surface area contributed by atoms with Gasteiger partial charge in [-0.2, -0.15) is 17.2 Å². The number of unbranched alkanes of at least 4 members (excludes halogenated alkanes) is 1. The quantitative estimate of drug-likeness (QED) is 0.0181. The van der Waals surface area contributed by atoms with Crippen LogP contribution in [0.4, 0.5) is 0 Å². The second-order valence-electron chi connectivity index (χ2n) is 30.3. The van der Waals surface area contributed by atoms with E-state index in [2.05, 4.69) is 52.8 Å². The number of phenolic OH excluding ortho intramolecular Hbond substituents is 1. The van der Waals surface area contributed by atoms with Crippen molar-refractivity contribution in [3.05, 3.63) is 108 Å². The van der Waals surface area contributed by atoms with E-state index in [1.807, 2.05) is 0 Å². The van der Waals surface area contributed by atoms with Crippen LogP contribution in [0.1, 0.15) is 105 Å². The Kier molecular flexibility index (Phi) is 38.6. The molecule has 0 saturated heterocycles. The lowest BCUT2D eigenvalue weighted by Crippen LogP contribution is -2.58. The normalized spacial score (nSPS) is 14.7. The number of aliphatic hydroxyl groups is 2. The van der Waals surface area contributed by atoms with Crippen molar-refractivity contribution in [2.24, 2.45) is 23.3 Å². The highest BCUT2D eigenvalue weighted by Gasteiger charge is 2.38. The second kappa shape index (κ2) is 46.1. The van der Waals surface area contributed by atoms with E-state index in [4.69, 9.17) is 11.5 Å². The minimum atomic E-state index is -4.91. The van der Waals surface area contributed by atoms with Gasteiger partial charge in [-0.05, 0) is 130 Å². The molecule has 39 nitrogen and oxygen atoms in total. The number of nitrogens with one attached hydrogen (secondary N) is 10. The maximum absolute atomic E-state index is 15.3. The molecule has 1 unspecified atom stereocenters. The summed E-state index contributed by atoms with van der Waals surface area (Å²) < 4.78 is 115. The summed E-state index contributed by atoms with van der Waals surface area (Å²) in [7, 11) is -18.0. The van der Waals surface area contributed by atoms with Crippen molar-refractivity contribution in [1.29, 1.82) is 0 Å². The first kappa shape index (κ1) is 99.7. The molecule has 5 rings (SSSR count). The maximum Gasteiger partial charge on any atom is 0.303 e. The molecule has 119 heavy (non-hydrogen) atoms. The molecule has 0 saturated carbocycles. The number of carboxylic acid groups (broad SMARTS) is 1. The fourth-order valence-corrected chi connectivity index (χ4v) is 17.6. The number of carbonyl (C=O) groups is 11. The molecule has 4 aromatic carbocycles. The van der Waals surface area contributed by atoms with E-state index >= 15 is 8.42 Å². The summed E-state index contributed by atoms with van der Waals surface area (Å²) in [6, 6.07) is 10.5. The Labute approximate surface area is 693 Å². The van der Waals surface area contributed by atoms with Crippen molar-refractivity contribution < 1.29 is 107 Å². The van der Waals surface area contributed by atoms with Gasteiger partial charge in [0.2, 0.25) is 99.2 Å². The number of carboxylic acids is 1. The van der Waals surface area contributed by atoms with Crippen molar-refractivity contribution in [2.45, 2.75) is 172 Å². The summed E-state index contributed by atoms with van der Waals surface area (Å²) in [5.74, 6) is -12.8. The molecule has 0 aliphatic carbocycles. The number of aromatic nitrogens is 1. The fourth-order valence-electron chi connectivity index (χ4n) is 12.8. The summed E-state index contributed by atoms with van der Waals surface area (Å²) in [5.41, 5.74) is 12.7. The molecule has 0 aliphatic rings. The molecule has 0 bridgehead atoms. The van der Waals surface area contributed by atoms with Crippen LogP contribution in [0.25, 0.3) is 21.7 Å². The van der Waals surface area contributed by atoms with E-state index in [1.54, 1.807) is 82.4 Å². The summed E-state index contributed by atoms with van der Waals surface area (Å²) in [5, 5.41) is 65.5. The number of rotatable bonds is 52. The number of benzene rings is 4. The number of para-hydroxylation sites is 1. The Balaban J connectivity index is 1.46. The molecule has 5 aromatic rings. The minimum Gasteiger partial charge on any atom is -0.508 e. The number of hydrogen-bond acceptors (Lipinski definition) is 23. The van der Waals surface area contributed by atoms with Crippen LogP contribution in [0.2, 0.25) is 0 Å². The molecule has 0 fully saturated rings. The monoisotopic (exact) mass is 1750 g/mol. The average Bonchev–Trinajstić information content (AvgIpc) is 1.42. The number of aliphatic carboxylic acids is 1. The topological polar surface area (TPSA) is 594 Å². The largest absolute Gasteiger partial charge is 0.508 e. The highest BCUT2D eigenvalue weighted by Crippen LogP contribution is 2.25. The van der Waals surface area contributed by atoms with Gasteiger partial charge in [0.15, 0.2) is 0 Å². The van der Waals surface area contributed by atoms with Crippen molar-refractivity contribution in [3.63, 3.8) is 0 Å². The number of primary amides is 1. The van der Waals surface area contributed by atoms with Crippen LogP contribution in [0.15, 0.2) is 102 Å². The van der Waals surface area contributed by atoms with E-state index in [-0.39, 0.29) is 55.2 Å². The Morgan fingerprint density at radius 3 is 1.59 bits per heavy atom. The zero-order chi connectivity index (χ0) is 89.0. The predicted octanol–water partition coefficient (Wildman–Crippen LogP) is -2.37. The number of aromatic amines is 1. The van der Waals surface area contributed by atoms with Crippen LogP contribution >= 0.6 is 0 Å². The third kappa shape index (κ3) is 33.4. The second-order valence-corrected chi connectivity index (χ2v) is 38.2.